The summed E-state index contributed by atoms with van der Waals surface area (Å²) in [6.45, 7) is 3.13. The lowest BCUT2D eigenvalue weighted by Gasteiger charge is -2.27. The number of nitrogens with one attached hydrogen (secondary N) is 1. The molecule has 2 saturated carbocycles. The van der Waals surface area contributed by atoms with Crippen LogP contribution in [0.2, 0.25) is 10.0 Å². The number of hydrogen-bond acceptors (Lipinski definition) is 1. The Balaban J connectivity index is 1.86. The molecule has 1 nitrogen and oxygen atoms in total. The van der Waals surface area contributed by atoms with Crippen molar-refractivity contribution in [1.82, 2.24) is 5.32 Å². The zero-order valence-corrected chi connectivity index (χ0v) is 12.1. The van der Waals surface area contributed by atoms with Gasteiger partial charge in [0.15, 0.2) is 0 Å². The first-order valence-electron chi connectivity index (χ1n) is 6.88. The highest BCUT2D eigenvalue weighted by Crippen LogP contribution is 2.57. The van der Waals surface area contributed by atoms with Gasteiger partial charge in [-0.2, -0.15) is 0 Å². The van der Waals surface area contributed by atoms with E-state index in [9.17, 15) is 0 Å². The van der Waals surface area contributed by atoms with Gasteiger partial charge in [-0.25, -0.2) is 0 Å². The molecule has 98 valence electrons. The highest BCUT2D eigenvalue weighted by atomic mass is 35.5. The van der Waals surface area contributed by atoms with Crippen LogP contribution in [0.15, 0.2) is 18.2 Å². The Labute approximate surface area is 119 Å². The molecular weight excluding hydrogens is 265 g/mol. The number of fused-ring (bicyclic) bond motifs is 1. The van der Waals surface area contributed by atoms with Crippen LogP contribution in [0.3, 0.4) is 0 Å². The van der Waals surface area contributed by atoms with E-state index < -0.39 is 0 Å². The minimum absolute atomic E-state index is 0.369. The fraction of sp³-hybridized carbons (Fsp3) is 0.600. The minimum Gasteiger partial charge on any atom is -0.310 e. The first-order chi connectivity index (χ1) is 8.70. The Morgan fingerprint density at radius 3 is 2.61 bits per heavy atom. The highest BCUT2D eigenvalue weighted by Gasteiger charge is 2.48. The Morgan fingerprint density at radius 2 is 1.94 bits per heavy atom. The molecule has 3 rings (SSSR count). The van der Waals surface area contributed by atoms with Gasteiger partial charge < -0.3 is 5.32 Å². The van der Waals surface area contributed by atoms with Crippen LogP contribution < -0.4 is 5.32 Å². The monoisotopic (exact) mass is 283 g/mol. The number of hydrogen-bond donors (Lipinski definition) is 1. The van der Waals surface area contributed by atoms with Gasteiger partial charge in [-0.3, -0.25) is 0 Å². The molecular formula is C15H19Cl2N. The Morgan fingerprint density at radius 1 is 1.22 bits per heavy atom. The van der Waals surface area contributed by atoms with Gasteiger partial charge >= 0.3 is 0 Å². The molecule has 18 heavy (non-hydrogen) atoms. The van der Waals surface area contributed by atoms with E-state index in [0.29, 0.717) is 11.1 Å². The second kappa shape index (κ2) is 5.03. The molecule has 0 spiro atoms. The van der Waals surface area contributed by atoms with E-state index in [1.54, 1.807) is 0 Å². The van der Waals surface area contributed by atoms with Crippen LogP contribution >= 0.6 is 23.2 Å². The van der Waals surface area contributed by atoms with Gasteiger partial charge in [0.1, 0.15) is 0 Å². The van der Waals surface area contributed by atoms with E-state index in [-0.39, 0.29) is 0 Å². The lowest BCUT2D eigenvalue weighted by Crippen LogP contribution is -2.28. The van der Waals surface area contributed by atoms with Gasteiger partial charge in [-0.1, -0.05) is 42.3 Å². The van der Waals surface area contributed by atoms with E-state index >= 15 is 0 Å². The first kappa shape index (κ1) is 12.8. The molecule has 0 aromatic heterocycles. The van der Waals surface area contributed by atoms with E-state index in [2.05, 4.69) is 18.3 Å². The maximum absolute atomic E-state index is 6.38. The number of halogens is 2. The summed E-state index contributed by atoms with van der Waals surface area (Å²) in [6.07, 6.45) is 4.16. The molecule has 0 amide bonds. The predicted octanol–water partition coefficient (Wildman–Crippen LogP) is 4.69. The van der Waals surface area contributed by atoms with Crippen molar-refractivity contribution >= 4 is 23.2 Å². The van der Waals surface area contributed by atoms with Gasteiger partial charge in [-0.15, -0.1) is 0 Å². The fourth-order valence-corrected chi connectivity index (χ4v) is 3.97. The Hall–Kier alpha value is -0.240. The van der Waals surface area contributed by atoms with Gasteiger partial charge in [0.05, 0.1) is 10.0 Å². The number of rotatable bonds is 4. The molecule has 2 aliphatic rings. The van der Waals surface area contributed by atoms with Crippen LogP contribution in [0.5, 0.6) is 0 Å². The van der Waals surface area contributed by atoms with E-state index in [4.69, 9.17) is 23.2 Å². The summed E-state index contributed by atoms with van der Waals surface area (Å²) in [7, 11) is 0. The summed E-state index contributed by atoms with van der Waals surface area (Å²) >= 11 is 12.5. The van der Waals surface area contributed by atoms with Crippen molar-refractivity contribution in [3.8, 4) is 0 Å². The molecule has 1 aromatic rings. The molecule has 2 fully saturated rings. The summed E-state index contributed by atoms with van der Waals surface area (Å²) in [6, 6.07) is 6.35. The molecule has 0 bridgehead atoms. The largest absolute Gasteiger partial charge is 0.310 e. The van der Waals surface area contributed by atoms with Crippen molar-refractivity contribution in [2.45, 2.75) is 32.2 Å². The highest BCUT2D eigenvalue weighted by molar-refractivity contribution is 6.42. The molecule has 1 N–H and O–H groups in total. The van der Waals surface area contributed by atoms with E-state index in [1.807, 2.05) is 12.1 Å². The summed E-state index contributed by atoms with van der Waals surface area (Å²) in [5, 5.41) is 5.00. The van der Waals surface area contributed by atoms with Crippen LogP contribution in [0.25, 0.3) is 0 Å². The van der Waals surface area contributed by atoms with Gasteiger partial charge in [-0.05, 0) is 55.2 Å². The van der Waals surface area contributed by atoms with Crippen LogP contribution in [-0.2, 0) is 0 Å². The zero-order valence-electron chi connectivity index (χ0n) is 10.6. The molecule has 0 aliphatic heterocycles. The molecule has 3 heteroatoms. The average Bonchev–Trinajstić information content (AvgIpc) is 2.97. The van der Waals surface area contributed by atoms with Crippen LogP contribution in [0.4, 0.5) is 0 Å². The molecule has 0 saturated heterocycles. The van der Waals surface area contributed by atoms with Gasteiger partial charge in [0.25, 0.3) is 0 Å². The summed E-state index contributed by atoms with van der Waals surface area (Å²) in [4.78, 5) is 0. The van der Waals surface area contributed by atoms with Crippen LogP contribution in [0.1, 0.15) is 37.8 Å². The Bertz CT molecular complexity index is 436. The SMILES string of the molecule is CCNC(c1cccc(Cl)c1Cl)C1CC2CC2C1. The van der Waals surface area contributed by atoms with Crippen molar-refractivity contribution in [2.24, 2.45) is 17.8 Å². The fourth-order valence-electron chi connectivity index (χ4n) is 3.54. The smallest absolute Gasteiger partial charge is 0.0640 e. The van der Waals surface area contributed by atoms with E-state index in [1.165, 1.54) is 24.8 Å². The van der Waals surface area contributed by atoms with Crippen molar-refractivity contribution in [3.63, 3.8) is 0 Å². The van der Waals surface area contributed by atoms with Crippen molar-refractivity contribution in [3.05, 3.63) is 33.8 Å². The third kappa shape index (κ3) is 2.29. The zero-order chi connectivity index (χ0) is 12.7. The predicted molar refractivity (Wildman–Crippen MR) is 77.2 cm³/mol. The molecule has 1 aromatic carbocycles. The van der Waals surface area contributed by atoms with Crippen LogP contribution in [-0.4, -0.2) is 6.54 Å². The van der Waals surface area contributed by atoms with Gasteiger partial charge in [0, 0.05) is 6.04 Å². The van der Waals surface area contributed by atoms with Crippen LogP contribution in [0, 0.1) is 17.8 Å². The standard InChI is InChI=1S/C15H19Cl2N/c1-2-18-15(11-7-9-6-10(9)8-11)12-4-3-5-13(16)14(12)17/h3-5,9-11,15,18H,2,6-8H2,1H3. The van der Waals surface area contributed by atoms with Crippen molar-refractivity contribution in [1.29, 1.82) is 0 Å². The molecule has 0 radical (unpaired) electrons. The number of benzene rings is 1. The molecule has 2 aliphatic carbocycles. The summed E-state index contributed by atoms with van der Waals surface area (Å²) in [5.74, 6) is 2.72. The molecule has 3 atom stereocenters. The van der Waals surface area contributed by atoms with Gasteiger partial charge in [0.2, 0.25) is 0 Å². The third-order valence-electron chi connectivity index (χ3n) is 4.49. The topological polar surface area (TPSA) is 12.0 Å². The Kier molecular flexibility index (Phi) is 3.57. The maximum Gasteiger partial charge on any atom is 0.0640 e. The second-order valence-electron chi connectivity index (χ2n) is 5.67. The quantitative estimate of drug-likeness (QED) is 0.845. The summed E-state index contributed by atoms with van der Waals surface area (Å²) < 4.78 is 0. The molecule has 0 heterocycles. The van der Waals surface area contributed by atoms with Crippen molar-refractivity contribution in [2.75, 3.05) is 6.54 Å². The normalized spacial score (nSPS) is 31.2. The lowest BCUT2D eigenvalue weighted by atomic mass is 9.89. The lowest BCUT2D eigenvalue weighted by molar-refractivity contribution is 0.347. The van der Waals surface area contributed by atoms with Crippen molar-refractivity contribution < 1.29 is 0 Å². The third-order valence-corrected chi connectivity index (χ3v) is 5.33. The average molecular weight is 284 g/mol. The van der Waals surface area contributed by atoms with E-state index in [0.717, 1.165) is 29.3 Å². The molecule has 3 unspecified atom stereocenters. The minimum atomic E-state index is 0.369. The second-order valence-corrected chi connectivity index (χ2v) is 6.45. The maximum atomic E-state index is 6.38. The summed E-state index contributed by atoms with van der Waals surface area (Å²) in [5.41, 5.74) is 1.18. The first-order valence-corrected chi connectivity index (χ1v) is 7.63.